The lowest BCUT2D eigenvalue weighted by molar-refractivity contribution is -0.139. The zero-order chi connectivity index (χ0) is 23.0. The molecule has 0 unspecified atom stereocenters. The van der Waals surface area contributed by atoms with Gasteiger partial charge in [0.25, 0.3) is 0 Å². The van der Waals surface area contributed by atoms with E-state index in [-0.39, 0.29) is 12.5 Å². The molecule has 4 rings (SSSR count). The Bertz CT molecular complexity index is 1190. The average Bonchev–Trinajstić information content (AvgIpc) is 3.29. The van der Waals surface area contributed by atoms with Crippen LogP contribution in [0.4, 0.5) is 0 Å². The Morgan fingerprint density at radius 1 is 1.00 bits per heavy atom. The van der Waals surface area contributed by atoms with Crippen molar-refractivity contribution in [3.8, 4) is 5.75 Å². The summed E-state index contributed by atoms with van der Waals surface area (Å²) in [7, 11) is 0. The van der Waals surface area contributed by atoms with Crippen molar-refractivity contribution in [2.24, 2.45) is 0 Å². The van der Waals surface area contributed by atoms with Crippen molar-refractivity contribution in [1.82, 2.24) is 9.78 Å². The van der Waals surface area contributed by atoms with Crippen molar-refractivity contribution in [3.63, 3.8) is 0 Å². The second-order valence-corrected chi connectivity index (χ2v) is 7.86. The molecule has 0 spiro atoms. The summed E-state index contributed by atoms with van der Waals surface area (Å²) in [6, 6.07) is 26.7. The molecule has 0 amide bonds. The van der Waals surface area contributed by atoms with E-state index in [2.05, 4.69) is 59.8 Å². The number of rotatable bonds is 9. The van der Waals surface area contributed by atoms with Gasteiger partial charge in [-0.1, -0.05) is 84.9 Å². The lowest BCUT2D eigenvalue weighted by atomic mass is 9.87. The largest absolute Gasteiger partial charge is 0.482 e. The van der Waals surface area contributed by atoms with Gasteiger partial charge in [-0.2, -0.15) is 5.10 Å². The summed E-state index contributed by atoms with van der Waals surface area (Å²) >= 11 is 0. The Labute approximate surface area is 193 Å². The molecule has 1 aromatic heterocycles. The predicted molar refractivity (Wildman–Crippen MR) is 129 cm³/mol. The molecule has 0 atom stereocenters. The summed E-state index contributed by atoms with van der Waals surface area (Å²) in [4.78, 5) is 10.8. The van der Waals surface area contributed by atoms with Crippen LogP contribution in [0.5, 0.6) is 5.75 Å². The lowest BCUT2D eigenvalue weighted by Crippen LogP contribution is -2.10. The van der Waals surface area contributed by atoms with E-state index in [1.54, 1.807) is 0 Å². The molecule has 166 valence electrons. The highest BCUT2D eigenvalue weighted by atomic mass is 16.5. The van der Waals surface area contributed by atoms with E-state index in [1.165, 1.54) is 11.1 Å². The molecular weight excluding hydrogens is 412 g/mol. The molecular formula is C28H26N2O3. The first-order chi connectivity index (χ1) is 16.1. The smallest absolute Gasteiger partial charge is 0.341 e. The first-order valence-electron chi connectivity index (χ1n) is 10.8. The molecule has 0 radical (unpaired) electrons. The van der Waals surface area contributed by atoms with Gasteiger partial charge in [-0.15, -0.1) is 0 Å². The van der Waals surface area contributed by atoms with Crippen LogP contribution in [0.3, 0.4) is 0 Å². The third kappa shape index (κ3) is 5.77. The fourth-order valence-electron chi connectivity index (χ4n) is 3.81. The molecule has 1 heterocycles. The van der Waals surface area contributed by atoms with Crippen LogP contribution in [-0.2, 0) is 11.3 Å². The van der Waals surface area contributed by atoms with Crippen LogP contribution < -0.4 is 4.74 Å². The van der Waals surface area contributed by atoms with Crippen LogP contribution in [0.1, 0.15) is 33.7 Å². The van der Waals surface area contributed by atoms with Crippen LogP contribution in [-0.4, -0.2) is 27.5 Å². The van der Waals surface area contributed by atoms with E-state index in [1.807, 2.05) is 60.3 Å². The summed E-state index contributed by atoms with van der Waals surface area (Å²) in [6.45, 7) is 2.16. The van der Waals surface area contributed by atoms with Gasteiger partial charge < -0.3 is 9.84 Å². The molecule has 1 N–H and O–H groups in total. The molecule has 0 aliphatic rings. The number of aliphatic carboxylic acids is 1. The maximum atomic E-state index is 10.8. The van der Waals surface area contributed by atoms with Gasteiger partial charge in [0.05, 0.1) is 12.7 Å². The minimum Gasteiger partial charge on any atom is -0.482 e. The van der Waals surface area contributed by atoms with Gasteiger partial charge in [-0.3, -0.25) is 4.68 Å². The number of allylic oxidation sites excluding steroid dienone is 1. The highest BCUT2D eigenvalue weighted by Gasteiger charge is 2.18. The van der Waals surface area contributed by atoms with E-state index in [0.29, 0.717) is 12.3 Å². The number of hydrogen-bond acceptors (Lipinski definition) is 3. The normalized spacial score (nSPS) is 11.2. The number of ether oxygens (including phenoxy) is 1. The van der Waals surface area contributed by atoms with E-state index >= 15 is 0 Å². The molecule has 5 heteroatoms. The minimum absolute atomic E-state index is 0.121. The van der Waals surface area contributed by atoms with Gasteiger partial charge in [-0.25, -0.2) is 4.79 Å². The van der Waals surface area contributed by atoms with E-state index in [0.717, 1.165) is 16.7 Å². The van der Waals surface area contributed by atoms with Gasteiger partial charge in [-0.05, 0) is 35.2 Å². The van der Waals surface area contributed by atoms with Crippen molar-refractivity contribution < 1.29 is 14.6 Å². The van der Waals surface area contributed by atoms with Gasteiger partial charge in [0.1, 0.15) is 5.75 Å². The fourth-order valence-corrected chi connectivity index (χ4v) is 3.81. The molecule has 0 saturated heterocycles. The number of aryl methyl sites for hydroxylation is 1. The molecule has 5 nitrogen and oxygen atoms in total. The monoisotopic (exact) mass is 438 g/mol. The number of aromatic nitrogens is 2. The molecule has 33 heavy (non-hydrogen) atoms. The predicted octanol–water partition coefficient (Wildman–Crippen LogP) is 5.55. The fraction of sp³-hybridized carbons (Fsp3) is 0.143. The molecule has 0 aliphatic carbocycles. The molecule has 0 aliphatic heterocycles. The minimum atomic E-state index is -0.992. The Balaban J connectivity index is 1.50. The molecule has 0 fully saturated rings. The van der Waals surface area contributed by atoms with Gasteiger partial charge in [0.2, 0.25) is 0 Å². The van der Waals surface area contributed by atoms with Crippen LogP contribution in [0.15, 0.2) is 97.3 Å². The van der Waals surface area contributed by atoms with Crippen LogP contribution in [0.25, 0.3) is 6.08 Å². The number of carboxylic acids is 1. The first kappa shape index (κ1) is 22.1. The second kappa shape index (κ2) is 10.5. The summed E-state index contributed by atoms with van der Waals surface area (Å²) in [5.74, 6) is -0.292. The van der Waals surface area contributed by atoms with E-state index in [9.17, 15) is 4.79 Å². The number of carbonyl (C=O) groups is 1. The molecule has 3 aromatic carbocycles. The number of hydrogen-bond donors (Lipinski definition) is 1. The zero-order valence-electron chi connectivity index (χ0n) is 18.5. The molecule has 0 saturated carbocycles. The Hall–Kier alpha value is -4.12. The van der Waals surface area contributed by atoms with Crippen molar-refractivity contribution >= 4 is 12.0 Å². The summed E-state index contributed by atoms with van der Waals surface area (Å²) in [5.41, 5.74) is 5.44. The third-order valence-electron chi connectivity index (χ3n) is 5.42. The number of benzene rings is 3. The third-order valence-corrected chi connectivity index (χ3v) is 5.42. The Kier molecular flexibility index (Phi) is 7.00. The highest BCUT2D eigenvalue weighted by Crippen LogP contribution is 2.31. The number of carboxylic acid groups (broad SMARTS) is 1. The summed E-state index contributed by atoms with van der Waals surface area (Å²) < 4.78 is 7.28. The topological polar surface area (TPSA) is 64.4 Å². The van der Waals surface area contributed by atoms with Gasteiger partial charge in [0.15, 0.2) is 6.61 Å². The Morgan fingerprint density at radius 2 is 1.67 bits per heavy atom. The zero-order valence-corrected chi connectivity index (χ0v) is 18.5. The van der Waals surface area contributed by atoms with Crippen molar-refractivity contribution in [3.05, 3.63) is 125 Å². The van der Waals surface area contributed by atoms with Crippen molar-refractivity contribution in [2.75, 3.05) is 6.61 Å². The van der Waals surface area contributed by atoms with Crippen molar-refractivity contribution in [2.45, 2.75) is 19.4 Å². The van der Waals surface area contributed by atoms with Gasteiger partial charge >= 0.3 is 5.97 Å². The number of nitrogens with zero attached hydrogens (tertiary/aromatic N) is 2. The molecule has 0 bridgehead atoms. The summed E-state index contributed by atoms with van der Waals surface area (Å²) in [6.07, 6.45) is 8.04. The quantitative estimate of drug-likeness (QED) is 0.372. The first-order valence-corrected chi connectivity index (χ1v) is 10.8. The lowest BCUT2D eigenvalue weighted by Gasteiger charge is -2.16. The summed E-state index contributed by atoms with van der Waals surface area (Å²) in [5, 5.41) is 13.4. The van der Waals surface area contributed by atoms with Crippen LogP contribution in [0, 0.1) is 6.92 Å². The molecule has 4 aromatic rings. The van der Waals surface area contributed by atoms with Crippen LogP contribution in [0.2, 0.25) is 0 Å². The van der Waals surface area contributed by atoms with Gasteiger partial charge in [0, 0.05) is 17.7 Å². The van der Waals surface area contributed by atoms with Crippen LogP contribution >= 0.6 is 0 Å². The Morgan fingerprint density at radius 3 is 2.30 bits per heavy atom. The second-order valence-electron chi connectivity index (χ2n) is 7.86. The van der Waals surface area contributed by atoms with E-state index < -0.39 is 5.97 Å². The van der Waals surface area contributed by atoms with Crippen molar-refractivity contribution in [1.29, 1.82) is 0 Å². The van der Waals surface area contributed by atoms with E-state index in [4.69, 9.17) is 9.84 Å². The SMILES string of the molecule is Cc1ccc(C=CCn2cc(C(c3ccccc3)c3ccccc3)cn2)cc1OCC(=O)O. The maximum absolute atomic E-state index is 10.8. The highest BCUT2D eigenvalue weighted by molar-refractivity contribution is 5.68. The standard InChI is InChI=1S/C28H26N2O3/c1-21-14-15-22(17-26(21)33-20-27(31)32)9-8-16-30-19-25(18-29-30)28(23-10-4-2-5-11-23)24-12-6-3-7-13-24/h2-15,17-19,28H,16,20H2,1H3,(H,31,32). The average molecular weight is 439 g/mol. The maximum Gasteiger partial charge on any atom is 0.341 e.